The van der Waals surface area contributed by atoms with E-state index in [9.17, 15) is 14.9 Å². The third-order valence-electron chi connectivity index (χ3n) is 9.07. The van der Waals surface area contributed by atoms with Gasteiger partial charge in [-0.25, -0.2) is 0 Å². The quantitative estimate of drug-likeness (QED) is 0.223. The van der Waals surface area contributed by atoms with Gasteiger partial charge in [0.15, 0.2) is 18.1 Å². The molecule has 0 heterocycles. The van der Waals surface area contributed by atoms with Gasteiger partial charge in [-0.1, -0.05) is 36.4 Å². The van der Waals surface area contributed by atoms with E-state index in [4.69, 9.17) is 9.47 Å². The first-order valence-electron chi connectivity index (χ1n) is 14.6. The maximum Gasteiger partial charge on any atom is 0.266 e. The van der Waals surface area contributed by atoms with Crippen LogP contribution in [-0.2, 0) is 15.0 Å². The number of rotatable bonds is 9. The molecule has 4 bridgehead atoms. The van der Waals surface area contributed by atoms with Crippen molar-refractivity contribution in [2.75, 3.05) is 24.4 Å². The Morgan fingerprint density at radius 2 is 1.52 bits per heavy atom. The number of methoxy groups -OCH3 is 1. The molecular weight excluding hydrogens is 526 g/mol. The van der Waals surface area contributed by atoms with Crippen LogP contribution in [0.2, 0.25) is 0 Å². The number of nitriles is 1. The lowest BCUT2D eigenvalue weighted by atomic mass is 9.48. The minimum atomic E-state index is -0.509. The maximum atomic E-state index is 12.7. The Labute approximate surface area is 246 Å². The number of carbonyl (C=O) groups excluding carboxylic acids is 2. The van der Waals surface area contributed by atoms with Gasteiger partial charge in [-0.2, -0.15) is 5.26 Å². The topological polar surface area (TPSA) is 100 Å². The van der Waals surface area contributed by atoms with Crippen LogP contribution in [0, 0.1) is 29.1 Å². The maximum absolute atomic E-state index is 12.7. The number of anilines is 2. The van der Waals surface area contributed by atoms with Crippen molar-refractivity contribution in [3.63, 3.8) is 0 Å². The Kier molecular flexibility index (Phi) is 7.71. The molecular formula is C35H35N3O4. The van der Waals surface area contributed by atoms with E-state index in [-0.39, 0.29) is 18.1 Å². The first-order chi connectivity index (χ1) is 20.4. The zero-order valence-electron chi connectivity index (χ0n) is 23.8. The largest absolute Gasteiger partial charge is 0.493 e. The molecule has 0 atom stereocenters. The summed E-state index contributed by atoms with van der Waals surface area (Å²) in [5.41, 5.74) is 3.64. The molecule has 4 aliphatic carbocycles. The molecule has 0 saturated heterocycles. The van der Waals surface area contributed by atoms with E-state index in [1.807, 2.05) is 24.3 Å². The fraction of sp³-hybridized carbons (Fsp3) is 0.343. The number of carbonyl (C=O) groups is 2. The lowest BCUT2D eigenvalue weighted by Gasteiger charge is -2.57. The predicted molar refractivity (Wildman–Crippen MR) is 162 cm³/mol. The van der Waals surface area contributed by atoms with Gasteiger partial charge in [-0.3, -0.25) is 9.59 Å². The third-order valence-corrected chi connectivity index (χ3v) is 9.07. The molecule has 4 fully saturated rings. The molecule has 0 aliphatic heterocycles. The van der Waals surface area contributed by atoms with Crippen molar-refractivity contribution < 1.29 is 19.1 Å². The third kappa shape index (κ3) is 5.89. The molecule has 3 aromatic carbocycles. The van der Waals surface area contributed by atoms with Crippen LogP contribution >= 0.6 is 0 Å². The highest BCUT2D eigenvalue weighted by Crippen LogP contribution is 2.60. The molecule has 2 N–H and O–H groups in total. The summed E-state index contributed by atoms with van der Waals surface area (Å²) < 4.78 is 11.2. The number of nitrogens with zero attached hydrogens (tertiary/aromatic N) is 1. The summed E-state index contributed by atoms with van der Waals surface area (Å²) in [7, 11) is 1.49. The van der Waals surface area contributed by atoms with Gasteiger partial charge in [0.1, 0.15) is 11.6 Å². The van der Waals surface area contributed by atoms with Gasteiger partial charge in [0.2, 0.25) is 0 Å². The number of hydrogen-bond donors (Lipinski definition) is 2. The van der Waals surface area contributed by atoms with E-state index in [1.54, 1.807) is 42.5 Å². The summed E-state index contributed by atoms with van der Waals surface area (Å²) >= 11 is 0. The Bertz CT molecular complexity index is 1500. The van der Waals surface area contributed by atoms with E-state index in [2.05, 4.69) is 22.8 Å². The van der Waals surface area contributed by atoms with Gasteiger partial charge in [0, 0.05) is 11.4 Å². The molecule has 42 heavy (non-hydrogen) atoms. The number of hydrogen-bond acceptors (Lipinski definition) is 5. The van der Waals surface area contributed by atoms with Crippen LogP contribution in [0.1, 0.15) is 49.7 Å². The second kappa shape index (κ2) is 11.7. The first-order valence-corrected chi connectivity index (χ1v) is 14.6. The monoisotopic (exact) mass is 561 g/mol. The Hall–Kier alpha value is -4.57. The summed E-state index contributed by atoms with van der Waals surface area (Å²) in [5.74, 6) is 2.66. The normalized spacial score (nSPS) is 24.0. The van der Waals surface area contributed by atoms with Crippen LogP contribution in [0.25, 0.3) is 6.08 Å². The van der Waals surface area contributed by atoms with Crippen LogP contribution in [-0.4, -0.2) is 25.5 Å². The van der Waals surface area contributed by atoms with Crippen LogP contribution in [0.3, 0.4) is 0 Å². The number of nitrogens with one attached hydrogen (secondary N) is 2. The van der Waals surface area contributed by atoms with Gasteiger partial charge in [-0.15, -0.1) is 0 Å². The van der Waals surface area contributed by atoms with Gasteiger partial charge in [0.05, 0.1) is 7.11 Å². The lowest BCUT2D eigenvalue weighted by molar-refractivity contribution is -0.118. The van der Waals surface area contributed by atoms with Crippen LogP contribution in [0.15, 0.2) is 78.4 Å². The van der Waals surface area contributed by atoms with Crippen LogP contribution in [0.4, 0.5) is 11.4 Å². The SMILES string of the molecule is COc1cc(/C=C(/C#N)C(=O)Nc2ccccc2)ccc1OCC(=O)Nc1ccc(C23CC4CC(CC(C4)C2)C3)cc1. The number of ether oxygens (including phenoxy) is 2. The van der Waals surface area contributed by atoms with Crippen LogP contribution < -0.4 is 20.1 Å². The van der Waals surface area contributed by atoms with E-state index in [0.29, 0.717) is 28.2 Å². The van der Waals surface area contributed by atoms with Crippen molar-refractivity contribution in [3.8, 4) is 17.6 Å². The number of para-hydroxylation sites is 1. The average Bonchev–Trinajstić information content (AvgIpc) is 2.99. The number of benzene rings is 3. The van der Waals surface area contributed by atoms with Crippen molar-refractivity contribution in [2.45, 2.75) is 43.9 Å². The zero-order valence-corrected chi connectivity index (χ0v) is 23.8. The van der Waals surface area contributed by atoms with Gasteiger partial charge >= 0.3 is 0 Å². The van der Waals surface area contributed by atoms with E-state index < -0.39 is 5.91 Å². The zero-order chi connectivity index (χ0) is 29.1. The minimum Gasteiger partial charge on any atom is -0.493 e. The van der Waals surface area contributed by atoms with Gasteiger partial charge < -0.3 is 20.1 Å². The van der Waals surface area contributed by atoms with Gasteiger partial charge in [0.25, 0.3) is 11.8 Å². The fourth-order valence-electron chi connectivity index (χ4n) is 7.64. The summed E-state index contributed by atoms with van der Waals surface area (Å²) in [6, 6.07) is 24.3. The van der Waals surface area contributed by atoms with E-state index >= 15 is 0 Å². The predicted octanol–water partition coefficient (Wildman–Crippen LogP) is 6.73. The molecule has 0 aromatic heterocycles. The second-order valence-electron chi connectivity index (χ2n) is 12.0. The summed E-state index contributed by atoms with van der Waals surface area (Å²) in [5, 5.41) is 15.2. The summed E-state index contributed by atoms with van der Waals surface area (Å²) in [6.07, 6.45) is 9.68. The highest BCUT2D eigenvalue weighted by molar-refractivity contribution is 6.09. The first kappa shape index (κ1) is 27.6. The number of amides is 2. The van der Waals surface area contributed by atoms with Gasteiger partial charge in [-0.05, 0) is 115 Å². The molecule has 7 heteroatoms. The summed E-state index contributed by atoms with van der Waals surface area (Å²) in [4.78, 5) is 25.3. The fourth-order valence-corrected chi connectivity index (χ4v) is 7.64. The molecule has 0 radical (unpaired) electrons. The average molecular weight is 562 g/mol. The molecule has 0 unspecified atom stereocenters. The van der Waals surface area contributed by atoms with Crippen molar-refractivity contribution in [3.05, 3.63) is 89.5 Å². The lowest BCUT2D eigenvalue weighted by Crippen LogP contribution is -2.48. The smallest absolute Gasteiger partial charge is 0.266 e. The van der Waals surface area contributed by atoms with E-state index in [0.717, 1.165) is 23.4 Å². The molecule has 214 valence electrons. The Morgan fingerprint density at radius 1 is 0.881 bits per heavy atom. The highest BCUT2D eigenvalue weighted by atomic mass is 16.5. The van der Waals surface area contributed by atoms with Crippen molar-refractivity contribution >= 4 is 29.3 Å². The Balaban J connectivity index is 1.05. The van der Waals surface area contributed by atoms with Crippen molar-refractivity contribution in [2.24, 2.45) is 17.8 Å². The summed E-state index contributed by atoms with van der Waals surface area (Å²) in [6.45, 7) is -0.189. The van der Waals surface area contributed by atoms with E-state index in [1.165, 1.54) is 57.3 Å². The Morgan fingerprint density at radius 3 is 2.14 bits per heavy atom. The van der Waals surface area contributed by atoms with Crippen molar-refractivity contribution in [1.82, 2.24) is 0 Å². The minimum absolute atomic E-state index is 0.0526. The molecule has 7 rings (SSSR count). The molecule has 2 amide bonds. The second-order valence-corrected chi connectivity index (χ2v) is 12.0. The molecule has 3 aromatic rings. The molecule has 7 nitrogen and oxygen atoms in total. The molecule has 0 spiro atoms. The standard InChI is InChI=1S/C35H35N3O4/c1-41-32-17-23(16-27(21-36)34(40)38-29-5-3-2-4-6-29)7-12-31(32)42-22-33(39)37-30-10-8-28(9-11-30)35-18-24-13-25(19-35)15-26(14-24)20-35/h2-12,16-17,24-26H,13-15,18-20,22H2,1H3,(H,37,39)(H,38,40)/b27-16-. The van der Waals surface area contributed by atoms with Crippen LogP contribution in [0.5, 0.6) is 11.5 Å². The molecule has 4 aliphatic rings. The van der Waals surface area contributed by atoms with Crippen molar-refractivity contribution in [1.29, 1.82) is 5.26 Å². The molecule has 4 saturated carbocycles. The highest BCUT2D eigenvalue weighted by Gasteiger charge is 2.51.